The topological polar surface area (TPSA) is 93.7 Å². The summed E-state index contributed by atoms with van der Waals surface area (Å²) in [6, 6.07) is 15.4. The number of hydrogen-bond acceptors (Lipinski definition) is 5. The van der Waals surface area contributed by atoms with Crippen molar-refractivity contribution in [1.82, 2.24) is 10.6 Å². The third kappa shape index (κ3) is 9.97. The second-order valence-corrected chi connectivity index (χ2v) is 11.7. The van der Waals surface area contributed by atoms with Gasteiger partial charge in [0.25, 0.3) is 5.91 Å². The standard InChI is InChI=1S/C32H48N4O3/c1-22(2)11-9-12-24(5)33-21-30(37)29(17-25-13-7-6-8-14-25)35-32(39)26-18-27(34-23(3)4)20-28(19-26)36-16-10-15-31(36)38/h6-8,13-14,18-20,22-24,29-30,33-34,37H,9-12,15-17,21H2,1-5H3,(H,35,39)/t24?,29-,30-/m0/s1. The van der Waals surface area contributed by atoms with Gasteiger partial charge in [0.05, 0.1) is 12.1 Å². The largest absolute Gasteiger partial charge is 0.390 e. The molecular weight excluding hydrogens is 488 g/mol. The maximum atomic E-state index is 13.6. The molecule has 1 aliphatic rings. The first-order valence-electron chi connectivity index (χ1n) is 14.6. The molecule has 2 amide bonds. The molecule has 7 heteroatoms. The van der Waals surface area contributed by atoms with E-state index in [9.17, 15) is 14.7 Å². The van der Waals surface area contributed by atoms with Crippen LogP contribution in [0.25, 0.3) is 0 Å². The van der Waals surface area contributed by atoms with Crippen molar-refractivity contribution in [2.45, 2.75) is 97.4 Å². The van der Waals surface area contributed by atoms with Gasteiger partial charge in [0.2, 0.25) is 5.91 Å². The van der Waals surface area contributed by atoms with Crippen LogP contribution in [0.1, 0.15) is 82.6 Å². The summed E-state index contributed by atoms with van der Waals surface area (Å²) in [5.74, 6) is 0.501. The van der Waals surface area contributed by atoms with Gasteiger partial charge in [0.15, 0.2) is 0 Å². The van der Waals surface area contributed by atoms with Gasteiger partial charge in [-0.1, -0.05) is 57.0 Å². The van der Waals surface area contributed by atoms with E-state index in [0.29, 0.717) is 37.4 Å². The van der Waals surface area contributed by atoms with Crippen molar-refractivity contribution in [3.8, 4) is 0 Å². The number of aliphatic hydroxyl groups is 1. The van der Waals surface area contributed by atoms with E-state index in [1.54, 1.807) is 11.0 Å². The smallest absolute Gasteiger partial charge is 0.251 e. The molecule has 1 saturated heterocycles. The molecule has 1 fully saturated rings. The normalized spacial score (nSPS) is 16.0. The van der Waals surface area contributed by atoms with E-state index in [1.807, 2.05) is 56.3 Å². The van der Waals surface area contributed by atoms with Crippen LogP contribution in [0.5, 0.6) is 0 Å². The van der Waals surface area contributed by atoms with Crippen molar-refractivity contribution < 1.29 is 14.7 Å². The van der Waals surface area contributed by atoms with E-state index in [2.05, 4.69) is 36.7 Å². The van der Waals surface area contributed by atoms with Crippen LogP contribution in [-0.2, 0) is 11.2 Å². The molecule has 1 heterocycles. The molecule has 0 bridgehead atoms. The van der Waals surface area contributed by atoms with Gasteiger partial charge in [-0.25, -0.2) is 0 Å². The van der Waals surface area contributed by atoms with Crippen molar-refractivity contribution in [3.63, 3.8) is 0 Å². The predicted molar refractivity (Wildman–Crippen MR) is 160 cm³/mol. The Morgan fingerprint density at radius 2 is 1.77 bits per heavy atom. The van der Waals surface area contributed by atoms with Crippen LogP contribution >= 0.6 is 0 Å². The molecule has 1 unspecified atom stereocenters. The molecule has 2 aromatic rings. The van der Waals surface area contributed by atoms with Crippen molar-refractivity contribution in [2.24, 2.45) is 5.92 Å². The molecular formula is C32H48N4O3. The van der Waals surface area contributed by atoms with Crippen molar-refractivity contribution >= 4 is 23.2 Å². The second-order valence-electron chi connectivity index (χ2n) is 11.7. The highest BCUT2D eigenvalue weighted by molar-refractivity contribution is 6.00. The number of aliphatic hydroxyl groups excluding tert-OH is 1. The monoisotopic (exact) mass is 536 g/mol. The first-order chi connectivity index (χ1) is 18.6. The maximum Gasteiger partial charge on any atom is 0.251 e. The van der Waals surface area contributed by atoms with Gasteiger partial charge in [-0.05, 0) is 69.7 Å². The van der Waals surface area contributed by atoms with Gasteiger partial charge >= 0.3 is 0 Å². The third-order valence-corrected chi connectivity index (χ3v) is 7.19. The van der Waals surface area contributed by atoms with E-state index in [4.69, 9.17) is 0 Å². The first-order valence-corrected chi connectivity index (χ1v) is 14.6. The van der Waals surface area contributed by atoms with E-state index in [1.165, 1.54) is 6.42 Å². The quantitative estimate of drug-likeness (QED) is 0.253. The highest BCUT2D eigenvalue weighted by atomic mass is 16.3. The zero-order chi connectivity index (χ0) is 28.4. The molecule has 3 atom stereocenters. The number of nitrogens with zero attached hydrogens (tertiary/aromatic N) is 1. The summed E-state index contributed by atoms with van der Waals surface area (Å²) in [7, 11) is 0. The molecule has 0 spiro atoms. The van der Waals surface area contributed by atoms with Crippen LogP contribution in [0.2, 0.25) is 0 Å². The molecule has 214 valence electrons. The van der Waals surface area contributed by atoms with Crippen LogP contribution in [0.15, 0.2) is 48.5 Å². The lowest BCUT2D eigenvalue weighted by molar-refractivity contribution is -0.117. The lowest BCUT2D eigenvalue weighted by Crippen LogP contribution is -2.49. The van der Waals surface area contributed by atoms with E-state index in [0.717, 1.165) is 36.2 Å². The number of amides is 2. The van der Waals surface area contributed by atoms with Crippen molar-refractivity contribution in [3.05, 3.63) is 59.7 Å². The lowest BCUT2D eigenvalue weighted by Gasteiger charge is -2.27. The Hall–Kier alpha value is -2.90. The molecule has 3 rings (SSSR count). The van der Waals surface area contributed by atoms with Crippen LogP contribution < -0.4 is 20.9 Å². The van der Waals surface area contributed by atoms with E-state index >= 15 is 0 Å². The van der Waals surface area contributed by atoms with Gasteiger partial charge in [0, 0.05) is 48.5 Å². The molecule has 39 heavy (non-hydrogen) atoms. The average Bonchev–Trinajstić information content (AvgIpc) is 3.32. The Bertz CT molecular complexity index is 1060. The molecule has 4 N–H and O–H groups in total. The number of hydrogen-bond donors (Lipinski definition) is 4. The number of rotatable bonds is 15. The highest BCUT2D eigenvalue weighted by Gasteiger charge is 2.26. The summed E-state index contributed by atoms with van der Waals surface area (Å²) in [6.07, 6.45) is 4.48. The molecule has 7 nitrogen and oxygen atoms in total. The zero-order valence-corrected chi connectivity index (χ0v) is 24.4. The van der Waals surface area contributed by atoms with Crippen molar-refractivity contribution in [2.75, 3.05) is 23.3 Å². The zero-order valence-electron chi connectivity index (χ0n) is 24.4. The number of anilines is 2. The van der Waals surface area contributed by atoms with Gasteiger partial charge in [0.1, 0.15) is 0 Å². The van der Waals surface area contributed by atoms with E-state index in [-0.39, 0.29) is 23.9 Å². The first kappa shape index (κ1) is 30.6. The summed E-state index contributed by atoms with van der Waals surface area (Å²) >= 11 is 0. The second kappa shape index (κ2) is 15.0. The van der Waals surface area contributed by atoms with Crippen LogP contribution in [-0.4, -0.2) is 54.2 Å². The number of nitrogens with one attached hydrogen (secondary N) is 3. The predicted octanol–water partition coefficient (Wildman–Crippen LogP) is 5.14. The minimum Gasteiger partial charge on any atom is -0.390 e. The fourth-order valence-corrected chi connectivity index (χ4v) is 5.04. The molecule has 0 radical (unpaired) electrons. The van der Waals surface area contributed by atoms with Gasteiger partial charge in [-0.2, -0.15) is 0 Å². The summed E-state index contributed by atoms with van der Waals surface area (Å²) in [6.45, 7) is 11.7. The Kier molecular flexibility index (Phi) is 11.8. The molecule has 0 saturated carbocycles. The summed E-state index contributed by atoms with van der Waals surface area (Å²) in [5.41, 5.74) is 3.04. The third-order valence-electron chi connectivity index (χ3n) is 7.19. The van der Waals surface area contributed by atoms with Gasteiger partial charge in [-0.15, -0.1) is 0 Å². The minimum absolute atomic E-state index is 0.0778. The Morgan fingerprint density at radius 3 is 2.41 bits per heavy atom. The number of carbonyl (C=O) groups excluding carboxylic acids is 2. The van der Waals surface area contributed by atoms with Crippen LogP contribution in [0.3, 0.4) is 0 Å². The minimum atomic E-state index is -0.765. The van der Waals surface area contributed by atoms with Crippen molar-refractivity contribution in [1.29, 1.82) is 0 Å². The Balaban J connectivity index is 1.76. The van der Waals surface area contributed by atoms with Gasteiger partial charge < -0.3 is 26.0 Å². The SMILES string of the molecule is CC(C)CCCC(C)NC[C@H](O)[C@H](Cc1ccccc1)NC(=O)c1cc(NC(C)C)cc(N2CCCC2=O)c1. The fraction of sp³-hybridized carbons (Fsp3) is 0.562. The number of carbonyl (C=O) groups is 2. The van der Waals surface area contributed by atoms with Crippen LogP contribution in [0.4, 0.5) is 11.4 Å². The summed E-state index contributed by atoms with van der Waals surface area (Å²) in [5, 5.41) is 21.2. The molecule has 2 aromatic carbocycles. The maximum absolute atomic E-state index is 13.6. The van der Waals surface area contributed by atoms with Gasteiger partial charge in [-0.3, -0.25) is 9.59 Å². The number of benzene rings is 2. The lowest BCUT2D eigenvalue weighted by atomic mass is 9.99. The fourth-order valence-electron chi connectivity index (χ4n) is 5.04. The molecule has 1 aliphatic heterocycles. The summed E-state index contributed by atoms with van der Waals surface area (Å²) < 4.78 is 0. The van der Waals surface area contributed by atoms with E-state index < -0.39 is 12.1 Å². The Labute approximate surface area is 234 Å². The molecule has 0 aliphatic carbocycles. The summed E-state index contributed by atoms with van der Waals surface area (Å²) in [4.78, 5) is 27.8. The Morgan fingerprint density at radius 1 is 1.03 bits per heavy atom. The molecule has 0 aromatic heterocycles. The van der Waals surface area contributed by atoms with Crippen LogP contribution in [0, 0.1) is 5.92 Å². The highest BCUT2D eigenvalue weighted by Crippen LogP contribution is 2.27. The average molecular weight is 537 g/mol.